The van der Waals surface area contributed by atoms with Crippen molar-refractivity contribution in [3.8, 4) is 0 Å². The van der Waals surface area contributed by atoms with Crippen molar-refractivity contribution in [2.24, 2.45) is 0 Å². The van der Waals surface area contributed by atoms with Crippen molar-refractivity contribution in [1.82, 2.24) is 0 Å². The number of hydrogen-bond acceptors (Lipinski definition) is 4. The second-order valence-corrected chi connectivity index (χ2v) is 3.64. The number of hydrogen-bond donors (Lipinski definition) is 3. The van der Waals surface area contributed by atoms with Gasteiger partial charge in [0.2, 0.25) is 0 Å². The van der Waals surface area contributed by atoms with Crippen LogP contribution in [0.1, 0.15) is 26.7 Å². The van der Waals surface area contributed by atoms with Gasteiger partial charge in [-0.1, -0.05) is 13.8 Å². The van der Waals surface area contributed by atoms with Crippen LogP contribution in [0.15, 0.2) is 0 Å². The molecular weight excluding hydrogens is 253 g/mol. The monoisotopic (exact) mass is 275 g/mol. The molecule has 4 nitrogen and oxygen atoms in total. The number of nitrogens with zero attached hydrogens (tertiary/aromatic N) is 1. The Morgan fingerprint density at radius 3 is 2.44 bits per heavy atom. The maximum absolute atomic E-state index is 9.46. The zero-order valence-corrected chi connectivity index (χ0v) is 14.6. The van der Waals surface area contributed by atoms with Gasteiger partial charge in [0, 0.05) is 18.6 Å². The predicted octanol–water partition coefficient (Wildman–Crippen LogP) is -1.82. The summed E-state index contributed by atoms with van der Waals surface area (Å²) in [5.41, 5.74) is 0. The molecule has 0 aromatic carbocycles. The Labute approximate surface area is 146 Å². The van der Waals surface area contributed by atoms with Gasteiger partial charge < -0.3 is 20.3 Å². The van der Waals surface area contributed by atoms with Crippen LogP contribution in [0.3, 0.4) is 0 Å². The Morgan fingerprint density at radius 2 is 2.00 bits per heavy atom. The molecule has 1 rings (SSSR count). The van der Waals surface area contributed by atoms with E-state index in [1.165, 1.54) is 7.05 Å². The molecule has 1 heterocycles. The zero-order chi connectivity index (χ0) is 11.8. The minimum absolute atomic E-state index is 0. The van der Waals surface area contributed by atoms with Crippen molar-refractivity contribution in [1.29, 1.82) is 0 Å². The summed E-state index contributed by atoms with van der Waals surface area (Å²) in [5.74, 6) is 0.560. The predicted molar refractivity (Wildman–Crippen MR) is 64.4 cm³/mol. The van der Waals surface area contributed by atoms with Crippen molar-refractivity contribution >= 4 is 12.6 Å². The number of aliphatic hydroxyl groups is 2. The van der Waals surface area contributed by atoms with Gasteiger partial charge in [0.25, 0.3) is 0 Å². The van der Waals surface area contributed by atoms with Crippen molar-refractivity contribution < 1.29 is 66.3 Å². The third kappa shape index (κ3) is 7.30. The van der Waals surface area contributed by atoms with E-state index in [1.807, 2.05) is 13.8 Å². The SMILES string of the molecule is CC.C[N-]C(O)C1C[C@@H](O)C[C@@H](CS)O1.[K+]. The van der Waals surface area contributed by atoms with Crippen LogP contribution >= 0.6 is 12.6 Å². The number of aliphatic hydroxyl groups excluding tert-OH is 2. The average Bonchev–Trinajstić information content (AvgIpc) is 2.29. The summed E-state index contributed by atoms with van der Waals surface area (Å²) >= 11 is 4.09. The molecule has 0 saturated carbocycles. The second kappa shape index (κ2) is 11.9. The molecule has 0 aromatic heterocycles. The second-order valence-electron chi connectivity index (χ2n) is 3.28. The molecule has 2 unspecified atom stereocenters. The normalized spacial score (nSPS) is 30.8. The third-order valence-electron chi connectivity index (χ3n) is 2.21. The summed E-state index contributed by atoms with van der Waals surface area (Å²) in [6.07, 6.45) is -0.664. The molecular formula is C10H22KNO3S. The minimum atomic E-state index is -0.836. The van der Waals surface area contributed by atoms with Crippen LogP contribution in [-0.4, -0.2) is 47.6 Å². The first kappa shape index (κ1) is 20.2. The number of thiol groups is 1. The van der Waals surface area contributed by atoms with E-state index < -0.39 is 12.3 Å². The first-order valence-electron chi connectivity index (χ1n) is 5.38. The van der Waals surface area contributed by atoms with Gasteiger partial charge in [-0.3, -0.25) is 0 Å². The van der Waals surface area contributed by atoms with Crippen LogP contribution in [0, 0.1) is 0 Å². The molecule has 2 N–H and O–H groups in total. The maximum atomic E-state index is 9.46. The molecule has 0 bridgehead atoms. The molecule has 0 aliphatic carbocycles. The summed E-state index contributed by atoms with van der Waals surface area (Å²) in [5, 5.41) is 22.6. The molecule has 92 valence electrons. The van der Waals surface area contributed by atoms with Crippen LogP contribution in [0.2, 0.25) is 0 Å². The first-order chi connectivity index (χ1) is 7.17. The Hall–Kier alpha value is 1.83. The van der Waals surface area contributed by atoms with Crippen LogP contribution in [0.5, 0.6) is 0 Å². The topological polar surface area (TPSA) is 63.8 Å². The van der Waals surface area contributed by atoms with E-state index in [4.69, 9.17) is 4.74 Å². The Bertz CT molecular complexity index is 165. The summed E-state index contributed by atoms with van der Waals surface area (Å²) < 4.78 is 5.48. The fraction of sp³-hybridized carbons (Fsp3) is 1.00. The smallest absolute Gasteiger partial charge is 0.637 e. The molecule has 1 aliphatic heterocycles. The molecule has 0 radical (unpaired) electrons. The van der Waals surface area contributed by atoms with Gasteiger partial charge in [-0.25, -0.2) is 0 Å². The standard InChI is InChI=1S/C8H16NO3S.C2H6.K/c1-9-8(11)7-3-5(10)2-6(4-13)12-7;1-2;/h5-8,10-11,13H,2-4H2,1H3;1-2H3;/q-1;;+1/t5-,6-,7?,8?;;/m0../s1. The van der Waals surface area contributed by atoms with E-state index >= 15 is 0 Å². The quantitative estimate of drug-likeness (QED) is 0.420. The molecule has 6 heteroatoms. The third-order valence-corrected chi connectivity index (χ3v) is 2.61. The molecule has 16 heavy (non-hydrogen) atoms. The minimum Gasteiger partial charge on any atom is -0.637 e. The number of likely N-dealkylation sites (N-methyl/N-ethyl adjacent to an activating group) is 1. The van der Waals surface area contributed by atoms with Crippen molar-refractivity contribution in [3.63, 3.8) is 0 Å². The van der Waals surface area contributed by atoms with E-state index in [0.717, 1.165) is 0 Å². The van der Waals surface area contributed by atoms with Crippen molar-refractivity contribution in [2.75, 3.05) is 12.8 Å². The van der Waals surface area contributed by atoms with Gasteiger partial charge in [-0.05, 0) is 6.23 Å². The van der Waals surface area contributed by atoms with Gasteiger partial charge in [-0.15, -0.1) is 0 Å². The Morgan fingerprint density at radius 1 is 1.44 bits per heavy atom. The summed E-state index contributed by atoms with van der Waals surface area (Å²) in [7, 11) is 1.53. The van der Waals surface area contributed by atoms with Gasteiger partial charge in [-0.2, -0.15) is 19.7 Å². The molecule has 1 aliphatic rings. The fourth-order valence-corrected chi connectivity index (χ4v) is 1.74. The molecule has 1 fully saturated rings. The summed E-state index contributed by atoms with van der Waals surface area (Å²) in [6.45, 7) is 4.00. The molecule has 0 aromatic rings. The van der Waals surface area contributed by atoms with E-state index in [-0.39, 0.29) is 63.6 Å². The molecule has 4 atom stereocenters. The van der Waals surface area contributed by atoms with Gasteiger partial charge in [0.15, 0.2) is 0 Å². The average molecular weight is 275 g/mol. The van der Waals surface area contributed by atoms with Crippen molar-refractivity contribution in [2.45, 2.75) is 51.2 Å². The van der Waals surface area contributed by atoms with Crippen LogP contribution in [-0.2, 0) is 4.74 Å². The number of ether oxygens (including phenoxy) is 1. The zero-order valence-electron chi connectivity index (χ0n) is 10.6. The number of rotatable bonds is 3. The van der Waals surface area contributed by atoms with Gasteiger partial charge in [0.05, 0.1) is 18.3 Å². The summed E-state index contributed by atoms with van der Waals surface area (Å²) in [4.78, 5) is 0. The summed E-state index contributed by atoms with van der Waals surface area (Å²) in [6, 6.07) is 0. The van der Waals surface area contributed by atoms with E-state index in [2.05, 4.69) is 17.9 Å². The first-order valence-corrected chi connectivity index (χ1v) is 6.02. The Balaban J connectivity index is 0. The van der Waals surface area contributed by atoms with Crippen LogP contribution in [0.25, 0.3) is 5.32 Å². The van der Waals surface area contributed by atoms with Crippen molar-refractivity contribution in [3.05, 3.63) is 5.32 Å². The van der Waals surface area contributed by atoms with Crippen LogP contribution in [0.4, 0.5) is 0 Å². The molecule has 0 spiro atoms. The van der Waals surface area contributed by atoms with E-state index in [1.54, 1.807) is 0 Å². The van der Waals surface area contributed by atoms with E-state index in [0.29, 0.717) is 18.6 Å². The largest absolute Gasteiger partial charge is 1.00 e. The van der Waals surface area contributed by atoms with Crippen LogP contribution < -0.4 is 51.4 Å². The maximum Gasteiger partial charge on any atom is 1.00 e. The Kier molecular flexibility index (Phi) is 15.0. The van der Waals surface area contributed by atoms with Gasteiger partial charge in [0.1, 0.15) is 0 Å². The molecule has 0 amide bonds. The fourth-order valence-electron chi connectivity index (χ4n) is 1.50. The van der Waals surface area contributed by atoms with Gasteiger partial charge >= 0.3 is 51.4 Å². The molecule has 1 saturated heterocycles. The van der Waals surface area contributed by atoms with E-state index in [9.17, 15) is 10.2 Å².